The van der Waals surface area contributed by atoms with Gasteiger partial charge >= 0.3 is 6.09 Å². The molecule has 1 unspecified atom stereocenters. The number of aromatic nitrogens is 1. The van der Waals surface area contributed by atoms with Crippen molar-refractivity contribution in [2.75, 3.05) is 26.7 Å². The second-order valence-corrected chi connectivity index (χ2v) is 8.09. The van der Waals surface area contributed by atoms with Crippen molar-refractivity contribution in [2.45, 2.75) is 69.4 Å². The van der Waals surface area contributed by atoms with Crippen molar-refractivity contribution < 1.29 is 14.1 Å². The zero-order chi connectivity index (χ0) is 17.3. The Morgan fingerprint density at radius 1 is 1.20 bits per heavy atom. The van der Waals surface area contributed by atoms with Crippen LogP contribution in [0, 0.1) is 0 Å². The van der Waals surface area contributed by atoms with Gasteiger partial charge in [-0.05, 0) is 32.2 Å². The van der Waals surface area contributed by atoms with E-state index >= 15 is 0 Å². The van der Waals surface area contributed by atoms with E-state index in [-0.39, 0.29) is 11.7 Å². The lowest BCUT2D eigenvalue weighted by atomic mass is 9.87. The Hall–Kier alpha value is -1.56. The molecule has 0 aromatic carbocycles. The molecule has 25 heavy (non-hydrogen) atoms. The van der Waals surface area contributed by atoms with Crippen LogP contribution in [-0.4, -0.2) is 53.3 Å². The fourth-order valence-electron chi connectivity index (χ4n) is 4.65. The molecule has 138 valence electrons. The molecule has 1 aromatic rings. The highest BCUT2D eigenvalue weighted by atomic mass is 16.6. The molecule has 1 atom stereocenters. The minimum Gasteiger partial charge on any atom is -0.441 e. The summed E-state index contributed by atoms with van der Waals surface area (Å²) in [5.41, 5.74) is 0.863. The van der Waals surface area contributed by atoms with Gasteiger partial charge in [0.25, 0.3) is 0 Å². The first-order valence-corrected chi connectivity index (χ1v) is 9.76. The van der Waals surface area contributed by atoms with Crippen molar-refractivity contribution in [3.05, 3.63) is 17.5 Å². The fraction of sp³-hybridized carbons (Fsp3) is 0.789. The molecule has 1 aliphatic carbocycles. The summed E-state index contributed by atoms with van der Waals surface area (Å²) in [4.78, 5) is 15.9. The van der Waals surface area contributed by atoms with Gasteiger partial charge in [0.05, 0.1) is 18.8 Å². The van der Waals surface area contributed by atoms with Gasteiger partial charge in [0.2, 0.25) is 0 Å². The zero-order valence-corrected chi connectivity index (χ0v) is 15.2. The Labute approximate surface area is 149 Å². The topological polar surface area (TPSA) is 58.8 Å². The van der Waals surface area contributed by atoms with Crippen molar-refractivity contribution in [1.29, 1.82) is 0 Å². The number of nitrogens with zero attached hydrogens (tertiary/aromatic N) is 3. The minimum atomic E-state index is -0.282. The first kappa shape index (κ1) is 16.9. The van der Waals surface area contributed by atoms with Crippen molar-refractivity contribution in [3.63, 3.8) is 0 Å². The quantitative estimate of drug-likeness (QED) is 0.837. The molecule has 3 heterocycles. The molecule has 3 fully saturated rings. The maximum Gasteiger partial charge on any atom is 0.410 e. The van der Waals surface area contributed by atoms with E-state index in [1.165, 1.54) is 32.1 Å². The van der Waals surface area contributed by atoms with Gasteiger partial charge in [0.15, 0.2) is 5.76 Å². The molecule has 2 aliphatic heterocycles. The average molecular weight is 347 g/mol. The van der Waals surface area contributed by atoms with Crippen LogP contribution in [0.25, 0.3) is 0 Å². The molecule has 0 bridgehead atoms. The molecular weight excluding hydrogens is 318 g/mol. The van der Waals surface area contributed by atoms with E-state index in [9.17, 15) is 4.79 Å². The van der Waals surface area contributed by atoms with E-state index in [1.807, 2.05) is 7.05 Å². The van der Waals surface area contributed by atoms with Crippen LogP contribution in [0.4, 0.5) is 4.79 Å². The van der Waals surface area contributed by atoms with E-state index < -0.39 is 0 Å². The highest BCUT2D eigenvalue weighted by molar-refractivity contribution is 5.70. The van der Waals surface area contributed by atoms with Crippen LogP contribution in [0.15, 0.2) is 10.6 Å². The lowest BCUT2D eigenvalue weighted by molar-refractivity contribution is 0.0440. The summed E-state index contributed by atoms with van der Waals surface area (Å²) >= 11 is 0. The van der Waals surface area contributed by atoms with Crippen molar-refractivity contribution in [2.24, 2.45) is 0 Å². The average Bonchev–Trinajstić information content (AvgIpc) is 3.12. The van der Waals surface area contributed by atoms with Gasteiger partial charge in [-0.3, -0.25) is 4.90 Å². The molecule has 1 aromatic heterocycles. The van der Waals surface area contributed by atoms with Gasteiger partial charge in [0, 0.05) is 32.0 Å². The third-order valence-electron chi connectivity index (χ3n) is 6.11. The predicted octanol–water partition coefficient (Wildman–Crippen LogP) is 3.53. The van der Waals surface area contributed by atoms with Crippen molar-refractivity contribution in [1.82, 2.24) is 15.0 Å². The van der Waals surface area contributed by atoms with Crippen LogP contribution in [0.3, 0.4) is 0 Å². The maximum absolute atomic E-state index is 11.8. The predicted molar refractivity (Wildman–Crippen MR) is 93.3 cm³/mol. The Balaban J connectivity index is 1.34. The Morgan fingerprint density at radius 3 is 2.80 bits per heavy atom. The van der Waals surface area contributed by atoms with Gasteiger partial charge in [-0.2, -0.15) is 0 Å². The molecular formula is C19H29N3O3. The monoisotopic (exact) mass is 347 g/mol. The Bertz CT molecular complexity index is 611. The zero-order valence-electron chi connectivity index (χ0n) is 15.2. The van der Waals surface area contributed by atoms with Crippen LogP contribution in [0.1, 0.15) is 68.7 Å². The number of rotatable bonds is 3. The number of ether oxygens (including phenoxy) is 1. The maximum atomic E-state index is 11.8. The Morgan fingerprint density at radius 2 is 2.04 bits per heavy atom. The molecule has 6 nitrogen and oxygen atoms in total. The number of likely N-dealkylation sites (N-methyl/N-ethyl adjacent to an activating group) is 1. The summed E-state index contributed by atoms with van der Waals surface area (Å²) in [5.74, 6) is 1.56. The SMILES string of the molecule is CN1CC2(CCCN(Cc3cc(C4CCCCC4)no3)CC2)OC1=O. The normalized spacial score (nSPS) is 29.2. The molecule has 0 N–H and O–H groups in total. The van der Waals surface area contributed by atoms with E-state index in [4.69, 9.17) is 9.26 Å². The number of likely N-dealkylation sites (tertiary alicyclic amines) is 1. The van der Waals surface area contributed by atoms with Gasteiger partial charge in [-0.25, -0.2) is 4.79 Å². The van der Waals surface area contributed by atoms with Crippen molar-refractivity contribution in [3.8, 4) is 0 Å². The largest absolute Gasteiger partial charge is 0.441 e. The first-order chi connectivity index (χ1) is 12.1. The lowest BCUT2D eigenvalue weighted by Gasteiger charge is -2.25. The summed E-state index contributed by atoms with van der Waals surface area (Å²) in [7, 11) is 1.82. The molecule has 6 heteroatoms. The molecule has 1 saturated carbocycles. The summed E-state index contributed by atoms with van der Waals surface area (Å²) < 4.78 is 11.3. The highest BCUT2D eigenvalue weighted by Crippen LogP contribution is 2.34. The Kier molecular flexibility index (Phi) is 4.71. The third kappa shape index (κ3) is 3.68. The van der Waals surface area contributed by atoms with Crippen LogP contribution in [0.2, 0.25) is 0 Å². The number of carbonyl (C=O) groups is 1. The highest BCUT2D eigenvalue weighted by Gasteiger charge is 2.44. The van der Waals surface area contributed by atoms with E-state index in [0.717, 1.165) is 50.4 Å². The summed E-state index contributed by atoms with van der Waals surface area (Å²) in [5, 5.41) is 4.34. The van der Waals surface area contributed by atoms with E-state index in [2.05, 4.69) is 16.1 Å². The number of carbonyl (C=O) groups excluding carboxylic acids is 1. The standard InChI is InChI=1S/C19H29N3O3/c1-21-14-19(24-18(21)23)8-5-10-22(11-9-19)13-16-12-17(20-25-16)15-6-3-2-4-7-15/h12,15H,2-11,13-14H2,1H3. The summed E-state index contributed by atoms with van der Waals surface area (Å²) in [6, 6.07) is 2.17. The minimum absolute atomic E-state index is 0.180. The molecule has 1 amide bonds. The van der Waals surface area contributed by atoms with Crippen LogP contribution < -0.4 is 0 Å². The molecule has 3 aliphatic rings. The molecule has 2 saturated heterocycles. The molecule has 0 radical (unpaired) electrons. The van der Waals surface area contributed by atoms with Crippen LogP contribution in [0.5, 0.6) is 0 Å². The number of hydrogen-bond acceptors (Lipinski definition) is 5. The summed E-state index contributed by atoms with van der Waals surface area (Å²) in [6.07, 6.45) is 9.19. The van der Waals surface area contributed by atoms with Crippen LogP contribution >= 0.6 is 0 Å². The lowest BCUT2D eigenvalue weighted by Crippen LogP contribution is -2.35. The summed E-state index contributed by atoms with van der Waals surface area (Å²) in [6.45, 7) is 3.47. The molecule has 4 rings (SSSR count). The van der Waals surface area contributed by atoms with Crippen molar-refractivity contribution >= 4 is 6.09 Å². The van der Waals surface area contributed by atoms with Gasteiger partial charge in [0.1, 0.15) is 5.60 Å². The van der Waals surface area contributed by atoms with Gasteiger partial charge in [-0.15, -0.1) is 0 Å². The molecule has 1 spiro atoms. The second kappa shape index (κ2) is 6.98. The first-order valence-electron chi connectivity index (χ1n) is 9.76. The fourth-order valence-corrected chi connectivity index (χ4v) is 4.65. The van der Waals surface area contributed by atoms with E-state index in [1.54, 1.807) is 4.90 Å². The number of hydrogen-bond donors (Lipinski definition) is 0. The van der Waals surface area contributed by atoms with Crippen LogP contribution in [-0.2, 0) is 11.3 Å². The number of amides is 1. The second-order valence-electron chi connectivity index (χ2n) is 8.09. The smallest absolute Gasteiger partial charge is 0.410 e. The van der Waals surface area contributed by atoms with E-state index in [0.29, 0.717) is 12.5 Å². The third-order valence-corrected chi connectivity index (χ3v) is 6.11. The van der Waals surface area contributed by atoms with Gasteiger partial charge in [-0.1, -0.05) is 24.4 Å². The van der Waals surface area contributed by atoms with Gasteiger partial charge < -0.3 is 14.2 Å².